The van der Waals surface area contributed by atoms with Gasteiger partial charge < -0.3 is 19.5 Å². The Morgan fingerprint density at radius 2 is 1.74 bits per heavy atom. The number of hydrogen-bond acceptors (Lipinski definition) is 4. The smallest absolute Gasteiger partial charge is 0.410 e. The van der Waals surface area contributed by atoms with E-state index in [0.717, 1.165) is 5.56 Å². The Hall–Kier alpha value is -3.09. The number of ether oxygens (including phenoxy) is 1. The predicted octanol–water partition coefficient (Wildman–Crippen LogP) is 2.10. The van der Waals surface area contributed by atoms with Crippen molar-refractivity contribution < 1.29 is 14.3 Å². The maximum atomic E-state index is 12.8. The fourth-order valence-electron chi connectivity index (χ4n) is 3.72. The molecule has 27 heavy (non-hydrogen) atoms. The number of nitrogens with one attached hydrogen (secondary N) is 1. The largest absolute Gasteiger partial charge is 0.448 e. The highest BCUT2D eigenvalue weighted by Gasteiger charge is 2.33. The summed E-state index contributed by atoms with van der Waals surface area (Å²) in [5.74, 6) is -0.265. The molecule has 0 saturated carbocycles. The first kappa shape index (κ1) is 17.3. The van der Waals surface area contributed by atoms with E-state index in [2.05, 4.69) is 4.98 Å². The highest BCUT2D eigenvalue weighted by molar-refractivity contribution is 5.94. The maximum Gasteiger partial charge on any atom is 0.410 e. The van der Waals surface area contributed by atoms with Crippen molar-refractivity contribution in [2.24, 2.45) is 0 Å². The number of carbonyl (C=O) groups excluding carboxylic acids is 2. The van der Waals surface area contributed by atoms with Gasteiger partial charge in [0.25, 0.3) is 11.5 Å². The van der Waals surface area contributed by atoms with Gasteiger partial charge >= 0.3 is 6.09 Å². The number of likely N-dealkylation sites (tertiary alicyclic amines) is 1. The van der Waals surface area contributed by atoms with Crippen molar-refractivity contribution in [1.82, 2.24) is 14.8 Å². The Bertz CT molecular complexity index is 901. The minimum Gasteiger partial charge on any atom is -0.448 e. The van der Waals surface area contributed by atoms with Crippen molar-refractivity contribution in [3.63, 3.8) is 0 Å². The van der Waals surface area contributed by atoms with Gasteiger partial charge in [0.2, 0.25) is 0 Å². The zero-order chi connectivity index (χ0) is 18.8. The van der Waals surface area contributed by atoms with Gasteiger partial charge in [0.05, 0.1) is 6.54 Å². The topological polar surface area (TPSA) is 82.7 Å². The molecule has 7 heteroatoms. The normalized spacial score (nSPS) is 17.9. The number of nitrogens with zero attached hydrogens (tertiary/aromatic N) is 2. The summed E-state index contributed by atoms with van der Waals surface area (Å²) in [6, 6.07) is 13.0. The number of cyclic esters (lactones) is 1. The van der Waals surface area contributed by atoms with Gasteiger partial charge in [-0.05, 0) is 30.5 Å². The summed E-state index contributed by atoms with van der Waals surface area (Å²) in [5, 5.41) is 0. The van der Waals surface area contributed by atoms with E-state index in [1.165, 1.54) is 0 Å². The van der Waals surface area contributed by atoms with E-state index < -0.39 is 0 Å². The van der Waals surface area contributed by atoms with Crippen LogP contribution in [0.4, 0.5) is 4.79 Å². The number of rotatable bonds is 3. The Balaban J connectivity index is 1.44. The van der Waals surface area contributed by atoms with Gasteiger partial charge in [-0.2, -0.15) is 0 Å². The van der Waals surface area contributed by atoms with E-state index in [9.17, 15) is 14.4 Å². The molecule has 0 aliphatic carbocycles. The molecule has 0 radical (unpaired) electrons. The van der Waals surface area contributed by atoms with Crippen LogP contribution in [-0.2, 0) is 4.74 Å². The SMILES string of the molecule is O=C(c1ccc(-c2ccccc2)[nH]c1=O)N1CCC(N2CCOC2=O)CC1. The summed E-state index contributed by atoms with van der Waals surface area (Å²) in [4.78, 5) is 43.1. The zero-order valence-corrected chi connectivity index (χ0v) is 14.9. The first-order chi connectivity index (χ1) is 13.1. The second kappa shape index (κ2) is 7.26. The van der Waals surface area contributed by atoms with E-state index in [1.807, 2.05) is 30.3 Å². The molecule has 0 spiro atoms. The second-order valence-corrected chi connectivity index (χ2v) is 6.81. The predicted molar refractivity (Wildman–Crippen MR) is 99.5 cm³/mol. The quantitative estimate of drug-likeness (QED) is 0.901. The van der Waals surface area contributed by atoms with Crippen LogP contribution in [0, 0.1) is 0 Å². The summed E-state index contributed by atoms with van der Waals surface area (Å²) in [6.45, 7) is 2.08. The van der Waals surface area contributed by atoms with Crippen LogP contribution in [0.2, 0.25) is 0 Å². The van der Waals surface area contributed by atoms with Crippen LogP contribution in [0.15, 0.2) is 47.3 Å². The lowest BCUT2D eigenvalue weighted by Crippen LogP contribution is -2.47. The third-order valence-corrected chi connectivity index (χ3v) is 5.21. The van der Waals surface area contributed by atoms with Crippen LogP contribution in [0.1, 0.15) is 23.2 Å². The Labute approximate surface area is 156 Å². The first-order valence-electron chi connectivity index (χ1n) is 9.15. The van der Waals surface area contributed by atoms with Crippen LogP contribution < -0.4 is 5.56 Å². The molecule has 3 heterocycles. The fraction of sp³-hybridized carbons (Fsp3) is 0.350. The number of aromatic amines is 1. The van der Waals surface area contributed by atoms with E-state index in [-0.39, 0.29) is 29.2 Å². The molecule has 7 nitrogen and oxygen atoms in total. The first-order valence-corrected chi connectivity index (χ1v) is 9.15. The Morgan fingerprint density at radius 1 is 1.00 bits per heavy atom. The standard InChI is InChI=1S/C20H21N3O4/c24-18-16(6-7-17(21-18)14-4-2-1-3-5-14)19(25)22-10-8-15(9-11-22)23-12-13-27-20(23)26/h1-7,15H,8-13H2,(H,21,24). The molecule has 0 atom stereocenters. The molecule has 0 unspecified atom stereocenters. The number of benzene rings is 1. The summed E-state index contributed by atoms with van der Waals surface area (Å²) >= 11 is 0. The van der Waals surface area contributed by atoms with Gasteiger partial charge in [0, 0.05) is 24.8 Å². The molecular formula is C20H21N3O4. The third-order valence-electron chi connectivity index (χ3n) is 5.21. The molecule has 140 valence electrons. The van der Waals surface area contributed by atoms with E-state index >= 15 is 0 Å². The molecule has 2 saturated heterocycles. The van der Waals surface area contributed by atoms with Gasteiger partial charge in [-0.25, -0.2) is 4.79 Å². The van der Waals surface area contributed by atoms with Gasteiger partial charge in [-0.1, -0.05) is 30.3 Å². The average Bonchev–Trinajstić information content (AvgIpc) is 3.14. The summed E-state index contributed by atoms with van der Waals surface area (Å²) in [7, 11) is 0. The molecular weight excluding hydrogens is 346 g/mol. The molecule has 4 rings (SSSR count). The maximum absolute atomic E-state index is 12.8. The average molecular weight is 367 g/mol. The zero-order valence-electron chi connectivity index (χ0n) is 14.9. The number of H-pyrrole nitrogens is 1. The van der Waals surface area contributed by atoms with Crippen molar-refractivity contribution in [1.29, 1.82) is 0 Å². The van der Waals surface area contributed by atoms with Crippen molar-refractivity contribution in [2.75, 3.05) is 26.2 Å². The second-order valence-electron chi connectivity index (χ2n) is 6.81. The van der Waals surface area contributed by atoms with Crippen molar-refractivity contribution in [3.8, 4) is 11.3 Å². The van der Waals surface area contributed by atoms with Crippen LogP contribution in [0.25, 0.3) is 11.3 Å². The van der Waals surface area contributed by atoms with Gasteiger partial charge in [0.1, 0.15) is 12.2 Å². The minimum atomic E-state index is -0.383. The highest BCUT2D eigenvalue weighted by atomic mass is 16.6. The van der Waals surface area contributed by atoms with Crippen LogP contribution in [0.5, 0.6) is 0 Å². The van der Waals surface area contributed by atoms with Gasteiger partial charge in [0.15, 0.2) is 0 Å². The van der Waals surface area contributed by atoms with Crippen molar-refractivity contribution in [3.05, 3.63) is 58.4 Å². The highest BCUT2D eigenvalue weighted by Crippen LogP contribution is 2.21. The van der Waals surface area contributed by atoms with Gasteiger partial charge in [-0.15, -0.1) is 0 Å². The molecule has 1 N–H and O–H groups in total. The molecule has 2 amide bonds. The Morgan fingerprint density at radius 3 is 2.37 bits per heavy atom. The number of hydrogen-bond donors (Lipinski definition) is 1. The molecule has 2 aliphatic rings. The van der Waals surface area contributed by atoms with Crippen molar-refractivity contribution in [2.45, 2.75) is 18.9 Å². The molecule has 1 aromatic heterocycles. The fourth-order valence-corrected chi connectivity index (χ4v) is 3.72. The number of carbonyl (C=O) groups is 2. The van der Waals surface area contributed by atoms with Crippen LogP contribution in [0.3, 0.4) is 0 Å². The minimum absolute atomic E-state index is 0.0998. The molecule has 2 aromatic rings. The van der Waals surface area contributed by atoms with Crippen molar-refractivity contribution >= 4 is 12.0 Å². The summed E-state index contributed by atoms with van der Waals surface area (Å²) in [5.41, 5.74) is 1.34. The third kappa shape index (κ3) is 3.45. The lowest BCUT2D eigenvalue weighted by Gasteiger charge is -2.35. The van der Waals surface area contributed by atoms with E-state index in [4.69, 9.17) is 4.74 Å². The summed E-state index contributed by atoms with van der Waals surface area (Å²) in [6.07, 6.45) is 1.12. The molecule has 2 aliphatic heterocycles. The number of pyridine rings is 1. The summed E-state index contributed by atoms with van der Waals surface area (Å²) < 4.78 is 4.99. The monoisotopic (exact) mass is 367 g/mol. The lowest BCUT2D eigenvalue weighted by atomic mass is 10.0. The lowest BCUT2D eigenvalue weighted by molar-refractivity contribution is 0.0657. The number of amides is 2. The number of piperidine rings is 1. The van der Waals surface area contributed by atoms with Crippen LogP contribution in [-0.4, -0.2) is 59.1 Å². The van der Waals surface area contributed by atoms with Crippen LogP contribution >= 0.6 is 0 Å². The van der Waals surface area contributed by atoms with E-state index in [1.54, 1.807) is 21.9 Å². The molecule has 2 fully saturated rings. The Kier molecular flexibility index (Phi) is 4.66. The molecule has 1 aromatic carbocycles. The number of aromatic nitrogens is 1. The molecule has 0 bridgehead atoms. The van der Waals surface area contributed by atoms with Gasteiger partial charge in [-0.3, -0.25) is 9.59 Å². The van der Waals surface area contributed by atoms with E-state index in [0.29, 0.717) is 44.8 Å².